The number of hydrogen-bond acceptors (Lipinski definition) is 1. The highest BCUT2D eigenvalue weighted by molar-refractivity contribution is 8.03. The van der Waals surface area contributed by atoms with Gasteiger partial charge >= 0.3 is 0 Å². The van der Waals surface area contributed by atoms with Crippen LogP contribution in [0, 0.1) is 13.8 Å². The first kappa shape index (κ1) is 33.0. The molecule has 2 nitrogen and oxygen atoms in total. The summed E-state index contributed by atoms with van der Waals surface area (Å²) in [5.74, 6) is 0. The van der Waals surface area contributed by atoms with E-state index in [9.17, 15) is 0 Å². The molecular formula is C47H42N2S. The first-order valence-corrected chi connectivity index (χ1v) is 17.9. The molecule has 1 unspecified atom stereocenters. The fourth-order valence-electron chi connectivity index (χ4n) is 7.58. The number of fused-ring (bicyclic) bond motifs is 3. The molecule has 1 aliphatic rings. The molecule has 1 N–H and O–H groups in total. The van der Waals surface area contributed by atoms with Crippen LogP contribution in [0.5, 0.6) is 0 Å². The number of nitrogens with one attached hydrogen (secondary N) is 1. The molecule has 7 rings (SSSR count). The molecule has 246 valence electrons. The Bertz CT molecular complexity index is 2360. The summed E-state index contributed by atoms with van der Waals surface area (Å²) in [6.45, 7) is 21.5. The standard InChI is InChI=1S/C47H42N2S/c1-8-12-24-41-31(5)32(6)45(49(41)36-27-25-34(26-28-36)33-20-15-13-16-21-33)43-42(11-4)50-46-39(47(43,7)35-22-17-14-18-23-35)30-29-38-37(19-9-2)40(10-3)48-44(38)46/h8-30,48H,1,3-4H2,2,5-7H3/b19-9-,24-12-. The summed E-state index contributed by atoms with van der Waals surface area (Å²) in [5.41, 5.74) is 14.8. The molecule has 1 aliphatic heterocycles. The molecule has 0 radical (unpaired) electrons. The largest absolute Gasteiger partial charge is 0.354 e. The third-order valence-corrected chi connectivity index (χ3v) is 11.4. The van der Waals surface area contributed by atoms with E-state index in [0.29, 0.717) is 0 Å². The van der Waals surface area contributed by atoms with Gasteiger partial charge in [-0.3, -0.25) is 0 Å². The lowest BCUT2D eigenvalue weighted by Gasteiger charge is -2.41. The number of aromatic amines is 1. The minimum Gasteiger partial charge on any atom is -0.354 e. The Morgan fingerprint density at radius 2 is 1.44 bits per heavy atom. The number of benzene rings is 4. The van der Waals surface area contributed by atoms with Crippen molar-refractivity contribution in [1.29, 1.82) is 0 Å². The lowest BCUT2D eigenvalue weighted by atomic mass is 9.68. The normalized spacial score (nSPS) is 16.0. The molecule has 0 amide bonds. The van der Waals surface area contributed by atoms with Gasteiger partial charge in [-0.05, 0) is 85.4 Å². The van der Waals surface area contributed by atoms with Crippen molar-refractivity contribution in [1.82, 2.24) is 9.55 Å². The topological polar surface area (TPSA) is 20.7 Å². The van der Waals surface area contributed by atoms with Crippen LogP contribution in [0.1, 0.15) is 58.7 Å². The molecule has 0 fully saturated rings. The third kappa shape index (κ3) is 5.21. The second-order valence-electron chi connectivity index (χ2n) is 12.9. The fraction of sp³-hybridized carbons (Fsp3) is 0.106. The van der Waals surface area contributed by atoms with Crippen LogP contribution in [0.25, 0.3) is 51.5 Å². The highest BCUT2D eigenvalue weighted by atomic mass is 32.2. The highest BCUT2D eigenvalue weighted by Crippen LogP contribution is 2.58. The second-order valence-corrected chi connectivity index (χ2v) is 13.9. The average Bonchev–Trinajstić information content (AvgIpc) is 3.64. The predicted octanol–water partition coefficient (Wildman–Crippen LogP) is 13.1. The molecule has 0 aliphatic carbocycles. The lowest BCUT2D eigenvalue weighted by Crippen LogP contribution is -2.31. The van der Waals surface area contributed by atoms with Crippen LogP contribution >= 0.6 is 11.8 Å². The van der Waals surface area contributed by atoms with Crippen molar-refractivity contribution in [3.63, 3.8) is 0 Å². The van der Waals surface area contributed by atoms with Gasteiger partial charge in [0.05, 0.1) is 11.2 Å². The van der Waals surface area contributed by atoms with E-state index in [1.807, 2.05) is 18.2 Å². The Morgan fingerprint density at radius 3 is 2.08 bits per heavy atom. The van der Waals surface area contributed by atoms with Crippen LogP contribution in [-0.2, 0) is 5.41 Å². The first-order valence-electron chi connectivity index (χ1n) is 17.1. The van der Waals surface area contributed by atoms with E-state index in [1.54, 1.807) is 11.8 Å². The van der Waals surface area contributed by atoms with Crippen LogP contribution in [0.2, 0.25) is 0 Å². The maximum absolute atomic E-state index is 4.44. The predicted molar refractivity (Wildman–Crippen MR) is 219 cm³/mol. The monoisotopic (exact) mass is 666 g/mol. The van der Waals surface area contributed by atoms with Gasteiger partial charge in [0.2, 0.25) is 0 Å². The maximum atomic E-state index is 4.44. The van der Waals surface area contributed by atoms with Crippen molar-refractivity contribution < 1.29 is 0 Å². The molecule has 4 aromatic carbocycles. The van der Waals surface area contributed by atoms with Gasteiger partial charge in [-0.25, -0.2) is 0 Å². The summed E-state index contributed by atoms with van der Waals surface area (Å²) in [5, 5.41) is 1.19. The van der Waals surface area contributed by atoms with Crippen LogP contribution in [0.4, 0.5) is 0 Å². The Labute approximate surface area is 300 Å². The van der Waals surface area contributed by atoms with Crippen molar-refractivity contribution in [2.24, 2.45) is 0 Å². The van der Waals surface area contributed by atoms with Crippen molar-refractivity contribution in [3.05, 3.63) is 191 Å². The van der Waals surface area contributed by atoms with E-state index >= 15 is 0 Å². The molecule has 1 atom stereocenters. The van der Waals surface area contributed by atoms with Crippen LogP contribution in [0.3, 0.4) is 0 Å². The minimum absolute atomic E-state index is 0.517. The highest BCUT2D eigenvalue weighted by Gasteiger charge is 2.44. The molecule has 0 saturated carbocycles. The zero-order valence-electron chi connectivity index (χ0n) is 29.3. The minimum atomic E-state index is -0.517. The van der Waals surface area contributed by atoms with Gasteiger partial charge in [0, 0.05) is 48.8 Å². The summed E-state index contributed by atoms with van der Waals surface area (Å²) in [6.07, 6.45) is 14.3. The fourth-order valence-corrected chi connectivity index (χ4v) is 8.93. The zero-order valence-corrected chi connectivity index (χ0v) is 30.1. The number of nitrogens with zero attached hydrogens (tertiary/aromatic N) is 1. The van der Waals surface area contributed by atoms with Crippen LogP contribution in [-0.4, -0.2) is 9.55 Å². The van der Waals surface area contributed by atoms with Gasteiger partial charge in [-0.2, -0.15) is 0 Å². The SMILES string of the molecule is C=C/C=C\c1c(C)c(C)c(C2=C(C=C)Sc3c(ccc4c(/C=C\C)c(C=C)[nH]c34)C2(C)c2ccccc2)n1-c1ccc(-c2ccccc2)cc1. The molecular weight excluding hydrogens is 625 g/mol. The first-order chi connectivity index (χ1) is 24.4. The second kappa shape index (κ2) is 13.4. The quantitative estimate of drug-likeness (QED) is 0.152. The smallest absolute Gasteiger partial charge is 0.0609 e. The van der Waals surface area contributed by atoms with Crippen LogP contribution in [0.15, 0.2) is 151 Å². The number of hydrogen-bond donors (Lipinski definition) is 1. The van der Waals surface area contributed by atoms with Gasteiger partial charge in [0.25, 0.3) is 0 Å². The molecule has 0 saturated heterocycles. The van der Waals surface area contributed by atoms with Crippen molar-refractivity contribution in [2.45, 2.75) is 38.0 Å². The lowest BCUT2D eigenvalue weighted by molar-refractivity contribution is 0.718. The average molecular weight is 667 g/mol. The maximum Gasteiger partial charge on any atom is 0.0609 e. The Morgan fingerprint density at radius 1 is 0.760 bits per heavy atom. The summed E-state index contributed by atoms with van der Waals surface area (Å²) < 4.78 is 2.44. The van der Waals surface area contributed by atoms with Gasteiger partial charge in [0.1, 0.15) is 0 Å². The summed E-state index contributed by atoms with van der Waals surface area (Å²) >= 11 is 1.81. The van der Waals surface area contributed by atoms with Gasteiger partial charge in [-0.1, -0.05) is 147 Å². The van der Waals surface area contributed by atoms with Crippen molar-refractivity contribution in [3.8, 4) is 16.8 Å². The Balaban J connectivity index is 1.56. The summed E-state index contributed by atoms with van der Waals surface area (Å²) in [6, 6.07) is 35.1. The Kier molecular flexibility index (Phi) is 8.86. The number of aromatic nitrogens is 2. The number of H-pyrrole nitrogens is 1. The summed E-state index contributed by atoms with van der Waals surface area (Å²) in [7, 11) is 0. The Hall–Kier alpha value is -5.51. The van der Waals surface area contributed by atoms with E-state index in [1.165, 1.54) is 54.9 Å². The van der Waals surface area contributed by atoms with Crippen LogP contribution < -0.4 is 0 Å². The van der Waals surface area contributed by atoms with E-state index in [4.69, 9.17) is 0 Å². The van der Waals surface area contributed by atoms with Gasteiger partial charge in [0.15, 0.2) is 0 Å². The van der Waals surface area contributed by atoms with Crippen molar-refractivity contribution in [2.75, 3.05) is 0 Å². The molecule has 2 aromatic heterocycles. The van der Waals surface area contributed by atoms with Crippen molar-refractivity contribution >= 4 is 46.5 Å². The van der Waals surface area contributed by atoms with Gasteiger partial charge < -0.3 is 9.55 Å². The molecule has 0 spiro atoms. The zero-order chi connectivity index (χ0) is 35.0. The molecule has 6 aromatic rings. The van der Waals surface area contributed by atoms with Gasteiger partial charge in [-0.15, -0.1) is 0 Å². The molecule has 3 heteroatoms. The van der Waals surface area contributed by atoms with E-state index in [2.05, 4.69) is 178 Å². The molecule has 50 heavy (non-hydrogen) atoms. The molecule has 0 bridgehead atoms. The number of allylic oxidation sites excluding steroid dienone is 5. The van der Waals surface area contributed by atoms with E-state index in [-0.39, 0.29) is 0 Å². The number of thioether (sulfide) groups is 1. The molecule has 3 heterocycles. The summed E-state index contributed by atoms with van der Waals surface area (Å²) in [4.78, 5) is 6.11. The van der Waals surface area contributed by atoms with E-state index < -0.39 is 5.41 Å². The number of rotatable bonds is 9. The van der Waals surface area contributed by atoms with E-state index in [0.717, 1.165) is 33.1 Å². The third-order valence-electron chi connectivity index (χ3n) is 10.2.